The van der Waals surface area contributed by atoms with E-state index in [0.29, 0.717) is 0 Å². The molecule has 70 valence electrons. The number of allylic oxidation sites excluding steroid dienone is 1. The maximum Gasteiger partial charge on any atom is 0.177 e. The van der Waals surface area contributed by atoms with Crippen LogP contribution in [0.2, 0.25) is 0 Å². The summed E-state index contributed by atoms with van der Waals surface area (Å²) in [5, 5.41) is 17.6. The zero-order valence-corrected chi connectivity index (χ0v) is 7.01. The summed E-state index contributed by atoms with van der Waals surface area (Å²) in [6.07, 6.45) is 2.30. The van der Waals surface area contributed by atoms with Crippen molar-refractivity contribution in [3.8, 4) is 0 Å². The van der Waals surface area contributed by atoms with Crippen molar-refractivity contribution in [2.45, 2.75) is 25.4 Å². The van der Waals surface area contributed by atoms with Crippen molar-refractivity contribution in [2.75, 3.05) is 13.2 Å². The molecular weight excluding hydrogens is 160 g/mol. The zero-order valence-electron chi connectivity index (χ0n) is 7.01. The van der Waals surface area contributed by atoms with E-state index in [1.165, 1.54) is 0 Å². The summed E-state index contributed by atoms with van der Waals surface area (Å²) in [6, 6.07) is 0. The van der Waals surface area contributed by atoms with Crippen LogP contribution in [0.15, 0.2) is 12.2 Å². The molecule has 0 aliphatic carbocycles. The third kappa shape index (κ3) is 2.04. The Morgan fingerprint density at radius 2 is 1.67 bits per heavy atom. The van der Waals surface area contributed by atoms with Crippen LogP contribution in [-0.2, 0) is 9.47 Å². The van der Waals surface area contributed by atoms with Gasteiger partial charge in [-0.2, -0.15) is 0 Å². The molecule has 2 N–H and O–H groups in total. The van der Waals surface area contributed by atoms with Crippen molar-refractivity contribution >= 4 is 0 Å². The Labute approximate surface area is 71.4 Å². The van der Waals surface area contributed by atoms with Gasteiger partial charge >= 0.3 is 0 Å². The van der Waals surface area contributed by atoms with E-state index < -0.39 is 18.5 Å². The van der Waals surface area contributed by atoms with Gasteiger partial charge in [0.25, 0.3) is 0 Å². The van der Waals surface area contributed by atoms with Gasteiger partial charge in [0.1, 0.15) is 12.2 Å². The summed E-state index contributed by atoms with van der Waals surface area (Å²) >= 11 is 0. The topological polar surface area (TPSA) is 58.9 Å². The Balaban J connectivity index is 2.47. The molecule has 1 aliphatic rings. The molecule has 1 saturated heterocycles. The van der Waals surface area contributed by atoms with Crippen LogP contribution in [0.3, 0.4) is 0 Å². The van der Waals surface area contributed by atoms with Gasteiger partial charge in [0.05, 0.1) is 13.2 Å². The van der Waals surface area contributed by atoms with E-state index in [2.05, 4.69) is 0 Å². The van der Waals surface area contributed by atoms with Crippen molar-refractivity contribution in [3.63, 3.8) is 0 Å². The van der Waals surface area contributed by atoms with E-state index in [1.54, 1.807) is 12.2 Å². The van der Waals surface area contributed by atoms with E-state index in [4.69, 9.17) is 19.7 Å². The molecule has 2 atom stereocenters. The molecule has 0 spiro atoms. The second-order valence-electron chi connectivity index (χ2n) is 2.61. The first kappa shape index (κ1) is 9.67. The Kier molecular flexibility index (Phi) is 3.68. The fraction of sp³-hybridized carbons (Fsp3) is 0.750. The minimum Gasteiger partial charge on any atom is -0.394 e. The van der Waals surface area contributed by atoms with E-state index >= 15 is 0 Å². The second-order valence-corrected chi connectivity index (χ2v) is 2.61. The summed E-state index contributed by atoms with van der Waals surface area (Å²) in [4.78, 5) is 0. The van der Waals surface area contributed by atoms with Crippen LogP contribution in [0.5, 0.6) is 0 Å². The first-order valence-electron chi connectivity index (χ1n) is 3.97. The highest BCUT2D eigenvalue weighted by Crippen LogP contribution is 2.19. The molecule has 0 saturated carbocycles. The quantitative estimate of drug-likeness (QED) is 0.574. The van der Waals surface area contributed by atoms with Gasteiger partial charge in [0, 0.05) is 0 Å². The molecular formula is C8H14O4. The van der Waals surface area contributed by atoms with Crippen LogP contribution in [0.25, 0.3) is 0 Å². The highest BCUT2D eigenvalue weighted by atomic mass is 16.7. The lowest BCUT2D eigenvalue weighted by molar-refractivity contribution is -0.0386. The van der Waals surface area contributed by atoms with Crippen LogP contribution >= 0.6 is 0 Å². The molecule has 0 radical (unpaired) electrons. The lowest BCUT2D eigenvalue weighted by Gasteiger charge is -2.09. The molecule has 0 amide bonds. The molecule has 0 unspecified atom stereocenters. The first-order valence-corrected chi connectivity index (χ1v) is 3.97. The van der Waals surface area contributed by atoms with E-state index in [-0.39, 0.29) is 13.2 Å². The maximum atomic E-state index is 8.81. The molecule has 1 heterocycles. The Morgan fingerprint density at radius 3 is 2.00 bits per heavy atom. The molecule has 4 nitrogen and oxygen atoms in total. The van der Waals surface area contributed by atoms with Crippen LogP contribution in [0.4, 0.5) is 0 Å². The van der Waals surface area contributed by atoms with Crippen LogP contribution in [0, 0.1) is 0 Å². The van der Waals surface area contributed by atoms with Crippen molar-refractivity contribution in [2.24, 2.45) is 0 Å². The number of hydrogen-bond acceptors (Lipinski definition) is 4. The summed E-state index contributed by atoms with van der Waals surface area (Å²) in [5.41, 5.74) is 0. The third-order valence-electron chi connectivity index (χ3n) is 1.74. The molecule has 1 fully saturated rings. The summed E-state index contributed by atoms with van der Waals surface area (Å²) < 4.78 is 10.5. The maximum absolute atomic E-state index is 8.81. The van der Waals surface area contributed by atoms with Crippen molar-refractivity contribution in [1.82, 2.24) is 0 Å². The average Bonchev–Trinajstić information content (AvgIpc) is 2.48. The largest absolute Gasteiger partial charge is 0.394 e. The van der Waals surface area contributed by atoms with Gasteiger partial charge < -0.3 is 19.7 Å². The van der Waals surface area contributed by atoms with Crippen LogP contribution in [0.1, 0.15) is 6.92 Å². The second kappa shape index (κ2) is 4.57. The summed E-state index contributed by atoms with van der Waals surface area (Å²) in [5.74, 6) is 0. The zero-order chi connectivity index (χ0) is 8.97. The van der Waals surface area contributed by atoms with Gasteiger partial charge in [-0.1, -0.05) is 6.08 Å². The molecule has 0 aromatic carbocycles. The predicted molar refractivity (Wildman–Crippen MR) is 42.5 cm³/mol. The standard InChI is InChI=1S/C8H14O4/c1-2-3-8-11-6(4-9)7(5-10)12-8/h2-3,6-10H,4-5H2,1H3/b3-2+/t6-,7-/m0/s1. The summed E-state index contributed by atoms with van der Waals surface area (Å²) in [6.45, 7) is 1.60. The van der Waals surface area contributed by atoms with E-state index in [0.717, 1.165) is 0 Å². The van der Waals surface area contributed by atoms with Crippen LogP contribution in [-0.4, -0.2) is 41.9 Å². The Bertz CT molecular complexity index is 145. The van der Waals surface area contributed by atoms with E-state index in [9.17, 15) is 0 Å². The van der Waals surface area contributed by atoms with Gasteiger partial charge in [-0.15, -0.1) is 0 Å². The average molecular weight is 174 g/mol. The van der Waals surface area contributed by atoms with Gasteiger partial charge in [-0.25, -0.2) is 0 Å². The smallest absolute Gasteiger partial charge is 0.177 e. The normalized spacial score (nSPS) is 31.9. The molecule has 1 aliphatic heterocycles. The molecule has 12 heavy (non-hydrogen) atoms. The highest BCUT2D eigenvalue weighted by Gasteiger charge is 2.33. The van der Waals surface area contributed by atoms with Gasteiger partial charge in [0.15, 0.2) is 6.29 Å². The lowest BCUT2D eigenvalue weighted by Crippen LogP contribution is -2.29. The molecule has 4 heteroatoms. The summed E-state index contributed by atoms with van der Waals surface area (Å²) in [7, 11) is 0. The Hall–Kier alpha value is -0.420. The van der Waals surface area contributed by atoms with Gasteiger partial charge in [-0.05, 0) is 13.0 Å². The van der Waals surface area contributed by atoms with Crippen molar-refractivity contribution in [1.29, 1.82) is 0 Å². The predicted octanol–water partition coefficient (Wildman–Crippen LogP) is -0.343. The van der Waals surface area contributed by atoms with Crippen molar-refractivity contribution < 1.29 is 19.7 Å². The fourth-order valence-corrected chi connectivity index (χ4v) is 1.12. The highest BCUT2D eigenvalue weighted by molar-refractivity contribution is 4.88. The molecule has 1 rings (SSSR count). The third-order valence-corrected chi connectivity index (χ3v) is 1.74. The number of rotatable bonds is 3. The monoisotopic (exact) mass is 174 g/mol. The van der Waals surface area contributed by atoms with Gasteiger partial charge in [0.2, 0.25) is 0 Å². The minimum absolute atomic E-state index is 0.126. The molecule has 0 aromatic heterocycles. The minimum atomic E-state index is -0.427. The Morgan fingerprint density at radius 1 is 1.17 bits per heavy atom. The van der Waals surface area contributed by atoms with Crippen LogP contribution < -0.4 is 0 Å². The number of ether oxygens (including phenoxy) is 2. The SMILES string of the molecule is C/C=C/C1O[C@@H](CO)[C@H](CO)O1. The fourth-order valence-electron chi connectivity index (χ4n) is 1.12. The molecule has 0 aromatic rings. The van der Waals surface area contributed by atoms with E-state index in [1.807, 2.05) is 6.92 Å². The van der Waals surface area contributed by atoms with Gasteiger partial charge in [-0.3, -0.25) is 0 Å². The number of hydrogen-bond donors (Lipinski definition) is 2. The number of aliphatic hydroxyl groups excluding tert-OH is 2. The molecule has 0 bridgehead atoms. The number of aliphatic hydroxyl groups is 2. The first-order chi connectivity index (χ1) is 5.81. The van der Waals surface area contributed by atoms with Crippen molar-refractivity contribution in [3.05, 3.63) is 12.2 Å². The lowest BCUT2D eigenvalue weighted by atomic mass is 10.2.